The van der Waals surface area contributed by atoms with Crippen molar-refractivity contribution in [3.05, 3.63) is 59.9 Å². The summed E-state index contributed by atoms with van der Waals surface area (Å²) in [5, 5.41) is 44.9. The van der Waals surface area contributed by atoms with Gasteiger partial charge < -0.3 is 34.7 Å². The molecule has 9 nitrogen and oxygen atoms in total. The Kier molecular flexibility index (Phi) is 8.00. The highest BCUT2D eigenvalue weighted by Crippen LogP contribution is 2.30. The number of benzene rings is 2. The van der Waals surface area contributed by atoms with Gasteiger partial charge in [-0.1, -0.05) is 25.1 Å². The van der Waals surface area contributed by atoms with Gasteiger partial charge in [0, 0.05) is 30.4 Å². The molecule has 3 aromatic rings. The van der Waals surface area contributed by atoms with Crippen molar-refractivity contribution in [1.82, 2.24) is 5.32 Å². The summed E-state index contributed by atoms with van der Waals surface area (Å²) < 4.78 is 11.2. The fourth-order valence-electron chi connectivity index (χ4n) is 5.28. The van der Waals surface area contributed by atoms with Gasteiger partial charge in [-0.15, -0.1) is 0 Å². The van der Waals surface area contributed by atoms with E-state index in [1.165, 1.54) is 31.0 Å². The molecule has 1 aromatic heterocycles. The highest BCUT2D eigenvalue weighted by atomic mass is 16.6. The van der Waals surface area contributed by atoms with Gasteiger partial charge in [0.25, 0.3) is 5.91 Å². The van der Waals surface area contributed by atoms with E-state index in [0.717, 1.165) is 29.4 Å². The maximum Gasteiger partial charge on any atom is 0.262 e. The van der Waals surface area contributed by atoms with E-state index < -0.39 is 36.6 Å². The lowest BCUT2D eigenvalue weighted by Gasteiger charge is -2.40. The molecule has 2 fully saturated rings. The SMILES string of the molecule is CC[C@H]1OC(O)[C@H](NC(=O)/C(C#N)=C/c2ccc(-c3ccc4cc(N5CCCCC5)ccc4c3)o2)[C@@H](O)[C@@H]1O. The zero-order chi connectivity index (χ0) is 27.5. The summed E-state index contributed by atoms with van der Waals surface area (Å²) in [6, 6.07) is 16.5. The highest BCUT2D eigenvalue weighted by Gasteiger charge is 2.44. The van der Waals surface area contributed by atoms with E-state index in [1.807, 2.05) is 18.2 Å². The summed E-state index contributed by atoms with van der Waals surface area (Å²) in [6.07, 6.45) is 0.366. The molecule has 0 saturated carbocycles. The standard InChI is InChI=1S/C30H33N3O6/c1-2-24-27(34)28(35)26(30(37)39-24)32-29(36)21(17-31)16-23-10-11-25(38-23)20-7-6-19-15-22(9-8-18(19)14-20)33-12-4-3-5-13-33/h6-11,14-16,24,26-28,30,34-35,37H,2-5,12-13H2,1H3,(H,32,36)/b21-16+/t24-,26-,27-,28-,30?/m1/s1. The molecule has 39 heavy (non-hydrogen) atoms. The number of anilines is 1. The summed E-state index contributed by atoms with van der Waals surface area (Å²) in [5.41, 5.74) is 1.81. The number of nitrogens with one attached hydrogen (secondary N) is 1. The van der Waals surface area contributed by atoms with Crippen LogP contribution in [0.15, 0.2) is 58.5 Å². The lowest BCUT2D eigenvalue weighted by atomic mass is 9.95. The van der Waals surface area contributed by atoms with Crippen LogP contribution in [0.2, 0.25) is 0 Å². The van der Waals surface area contributed by atoms with E-state index in [-0.39, 0.29) is 5.57 Å². The number of carbonyl (C=O) groups is 1. The third-order valence-corrected chi connectivity index (χ3v) is 7.53. The summed E-state index contributed by atoms with van der Waals surface area (Å²) >= 11 is 0. The predicted molar refractivity (Wildman–Crippen MR) is 146 cm³/mol. The molecule has 9 heteroatoms. The number of aliphatic hydroxyl groups is 3. The minimum Gasteiger partial charge on any atom is -0.457 e. The number of furan rings is 1. The zero-order valence-corrected chi connectivity index (χ0v) is 21.8. The van der Waals surface area contributed by atoms with Gasteiger partial charge in [-0.3, -0.25) is 4.79 Å². The molecule has 3 heterocycles. The van der Waals surface area contributed by atoms with Crippen molar-refractivity contribution in [2.24, 2.45) is 0 Å². The van der Waals surface area contributed by atoms with Crippen LogP contribution in [0.1, 0.15) is 38.4 Å². The Balaban J connectivity index is 1.30. The molecule has 1 amide bonds. The number of nitrogens with zero attached hydrogens (tertiary/aromatic N) is 2. The van der Waals surface area contributed by atoms with Gasteiger partial charge >= 0.3 is 0 Å². The van der Waals surface area contributed by atoms with Gasteiger partial charge in [0.15, 0.2) is 6.29 Å². The van der Waals surface area contributed by atoms with Crippen molar-refractivity contribution in [1.29, 1.82) is 5.26 Å². The highest BCUT2D eigenvalue weighted by molar-refractivity contribution is 6.01. The Labute approximate surface area is 226 Å². The average molecular weight is 532 g/mol. The van der Waals surface area contributed by atoms with Crippen molar-refractivity contribution < 1.29 is 29.3 Å². The first-order chi connectivity index (χ1) is 18.9. The van der Waals surface area contributed by atoms with E-state index >= 15 is 0 Å². The normalized spacial score (nSPS) is 25.9. The minimum atomic E-state index is -1.53. The van der Waals surface area contributed by atoms with Gasteiger partial charge in [0.05, 0.1) is 6.10 Å². The number of rotatable bonds is 6. The minimum absolute atomic E-state index is 0.286. The van der Waals surface area contributed by atoms with Crippen LogP contribution in [-0.4, -0.2) is 65.0 Å². The van der Waals surface area contributed by atoms with Crippen molar-refractivity contribution >= 4 is 28.4 Å². The van der Waals surface area contributed by atoms with Crippen LogP contribution >= 0.6 is 0 Å². The fourth-order valence-corrected chi connectivity index (χ4v) is 5.28. The van der Waals surface area contributed by atoms with Crippen LogP contribution in [-0.2, 0) is 9.53 Å². The Bertz CT molecular complexity index is 1400. The lowest BCUT2D eigenvalue weighted by molar-refractivity contribution is -0.247. The van der Waals surface area contributed by atoms with Crippen molar-refractivity contribution in [2.75, 3.05) is 18.0 Å². The average Bonchev–Trinajstić information content (AvgIpc) is 3.44. The van der Waals surface area contributed by atoms with E-state index in [0.29, 0.717) is 17.9 Å². The number of nitriles is 1. The largest absolute Gasteiger partial charge is 0.457 e. The molecule has 2 saturated heterocycles. The van der Waals surface area contributed by atoms with Crippen LogP contribution < -0.4 is 10.2 Å². The van der Waals surface area contributed by atoms with Crippen molar-refractivity contribution in [3.8, 4) is 17.4 Å². The lowest BCUT2D eigenvalue weighted by Crippen LogP contribution is -2.63. The van der Waals surface area contributed by atoms with E-state index in [2.05, 4.69) is 34.5 Å². The summed E-state index contributed by atoms with van der Waals surface area (Å²) in [5.74, 6) is 0.0463. The first-order valence-corrected chi connectivity index (χ1v) is 13.4. The number of amides is 1. The Hall–Kier alpha value is -3.68. The third kappa shape index (κ3) is 5.70. The van der Waals surface area contributed by atoms with Crippen molar-refractivity contribution in [2.45, 2.75) is 63.3 Å². The second-order valence-electron chi connectivity index (χ2n) is 10.1. The number of ether oxygens (including phenoxy) is 1. The van der Waals surface area contributed by atoms with Crippen LogP contribution in [0.4, 0.5) is 5.69 Å². The molecule has 0 spiro atoms. The summed E-state index contributed by atoms with van der Waals surface area (Å²) in [4.78, 5) is 15.2. The maximum atomic E-state index is 12.8. The van der Waals surface area contributed by atoms with Crippen LogP contribution in [0.25, 0.3) is 28.2 Å². The fraction of sp³-hybridized carbons (Fsp3) is 0.400. The smallest absolute Gasteiger partial charge is 0.262 e. The molecule has 0 bridgehead atoms. The van der Waals surface area contributed by atoms with E-state index in [9.17, 15) is 25.4 Å². The zero-order valence-electron chi connectivity index (χ0n) is 21.8. The number of aliphatic hydroxyl groups excluding tert-OH is 3. The summed E-state index contributed by atoms with van der Waals surface area (Å²) in [6.45, 7) is 3.92. The first kappa shape index (κ1) is 26.9. The number of hydrogen-bond donors (Lipinski definition) is 4. The Morgan fingerprint density at radius 1 is 1.05 bits per heavy atom. The Morgan fingerprint density at radius 2 is 1.79 bits per heavy atom. The molecule has 0 aliphatic carbocycles. The second kappa shape index (κ2) is 11.6. The second-order valence-corrected chi connectivity index (χ2v) is 10.1. The summed E-state index contributed by atoms with van der Waals surface area (Å²) in [7, 11) is 0. The molecular formula is C30H33N3O6. The van der Waals surface area contributed by atoms with Crippen molar-refractivity contribution in [3.63, 3.8) is 0 Å². The molecule has 204 valence electrons. The number of carbonyl (C=O) groups excluding carboxylic acids is 1. The molecule has 2 aromatic carbocycles. The molecule has 2 aliphatic rings. The number of fused-ring (bicyclic) bond motifs is 1. The maximum absolute atomic E-state index is 12.8. The molecule has 4 N–H and O–H groups in total. The van der Waals surface area contributed by atoms with Gasteiger partial charge in [0.1, 0.15) is 41.4 Å². The molecule has 5 atom stereocenters. The number of piperidine rings is 1. The first-order valence-electron chi connectivity index (χ1n) is 13.4. The van der Waals surface area contributed by atoms with Crippen LogP contribution in [0.5, 0.6) is 0 Å². The van der Waals surface area contributed by atoms with Crippen LogP contribution in [0.3, 0.4) is 0 Å². The number of hydrogen-bond acceptors (Lipinski definition) is 8. The topological polar surface area (TPSA) is 139 Å². The molecule has 2 aliphatic heterocycles. The quantitative estimate of drug-likeness (QED) is 0.281. The molecule has 5 rings (SSSR count). The van der Waals surface area contributed by atoms with E-state index in [1.54, 1.807) is 19.1 Å². The van der Waals surface area contributed by atoms with Gasteiger partial charge in [0.2, 0.25) is 0 Å². The molecule has 1 unspecified atom stereocenters. The van der Waals surface area contributed by atoms with Gasteiger partial charge in [-0.25, -0.2) is 0 Å². The van der Waals surface area contributed by atoms with Gasteiger partial charge in [-0.05, 0) is 66.8 Å². The Morgan fingerprint density at radius 3 is 2.54 bits per heavy atom. The molecular weight excluding hydrogens is 498 g/mol. The van der Waals surface area contributed by atoms with E-state index in [4.69, 9.17) is 9.15 Å². The van der Waals surface area contributed by atoms with Crippen LogP contribution in [0, 0.1) is 11.3 Å². The predicted octanol–water partition coefficient (Wildman–Crippen LogP) is 3.33. The van der Waals surface area contributed by atoms with Gasteiger partial charge in [-0.2, -0.15) is 5.26 Å². The molecule has 0 radical (unpaired) electrons. The third-order valence-electron chi connectivity index (χ3n) is 7.53. The monoisotopic (exact) mass is 531 g/mol.